The van der Waals surface area contributed by atoms with Gasteiger partial charge in [-0.15, -0.1) is 170 Å². The lowest BCUT2D eigenvalue weighted by Crippen LogP contribution is -1.82. The molecule has 0 aliphatic carbocycles. The van der Waals surface area contributed by atoms with Crippen molar-refractivity contribution in [2.75, 3.05) is 0 Å². The summed E-state index contributed by atoms with van der Waals surface area (Å²) < 4.78 is 0. The molecular formula is C3H14Br10O2. The molecule has 0 rings (SSSR count). The number of halogens is 10. The van der Waals surface area contributed by atoms with Gasteiger partial charge in [0.2, 0.25) is 0 Å². The third-order valence-corrected chi connectivity index (χ3v) is 0.175. The number of rotatable bonds is 1. The summed E-state index contributed by atoms with van der Waals surface area (Å²) in [7, 11) is 0. The molecule has 0 heterocycles. The summed E-state index contributed by atoms with van der Waals surface area (Å²) in [5.41, 5.74) is 0. The Kier molecular flexibility index (Phi) is 520. The normalized spacial score (nSPS) is 2.13. The van der Waals surface area contributed by atoms with Gasteiger partial charge in [-0.3, -0.25) is 0 Å². The Morgan fingerprint density at radius 2 is 0.800 bits per heavy atom. The lowest BCUT2D eigenvalue weighted by Gasteiger charge is -1.64. The first-order valence-electron chi connectivity index (χ1n) is 1.12. The summed E-state index contributed by atoms with van der Waals surface area (Å²) in [6.45, 7) is 2.96. The van der Waals surface area contributed by atoms with E-state index in [1.54, 1.807) is 0 Å². The average Bonchev–Trinajstić information content (AvgIpc) is 1.38. The van der Waals surface area contributed by atoms with E-state index in [1.165, 1.54) is 0 Å². The Morgan fingerprint density at radius 1 is 0.733 bits per heavy atom. The fraction of sp³-hybridized carbons (Fsp3) is 0. The average molecular weight is 881 g/mol. The molecule has 0 aromatic heterocycles. The van der Waals surface area contributed by atoms with Crippen molar-refractivity contribution in [3.63, 3.8) is 0 Å². The molecule has 0 unspecified atom stereocenters. The van der Waals surface area contributed by atoms with Gasteiger partial charge < -0.3 is 5.11 Å². The van der Waals surface area contributed by atoms with Crippen LogP contribution in [0.3, 0.4) is 0 Å². The highest BCUT2D eigenvalue weighted by atomic mass is 79.9. The van der Waals surface area contributed by atoms with Gasteiger partial charge in [0.25, 0.3) is 0 Å². The molecular weight excluding hydrogens is 867 g/mol. The van der Waals surface area contributed by atoms with Crippen LogP contribution in [-0.4, -0.2) is 11.1 Å². The maximum Gasteiger partial charge on any atom is 0.327 e. The minimum absolute atomic E-state index is 0. The highest BCUT2D eigenvalue weighted by Gasteiger charge is 1.73. The fourth-order valence-electron chi connectivity index (χ4n) is 0. The van der Waals surface area contributed by atoms with Gasteiger partial charge in [-0.2, -0.15) is 0 Å². The molecule has 0 amide bonds. The van der Waals surface area contributed by atoms with Crippen molar-refractivity contribution in [1.29, 1.82) is 0 Å². The van der Waals surface area contributed by atoms with E-state index >= 15 is 0 Å². The number of carboxylic acids is 1. The van der Waals surface area contributed by atoms with Gasteiger partial charge in [0, 0.05) is 6.08 Å². The highest BCUT2D eigenvalue weighted by molar-refractivity contribution is 8.94. The van der Waals surface area contributed by atoms with Gasteiger partial charge >= 0.3 is 5.97 Å². The quantitative estimate of drug-likeness (QED) is 0.327. The van der Waals surface area contributed by atoms with Crippen LogP contribution >= 0.6 is 170 Å². The fourth-order valence-corrected chi connectivity index (χ4v) is 0. The Labute approximate surface area is 195 Å². The molecule has 0 saturated carbocycles. The number of hydrogen-bond acceptors (Lipinski definition) is 1. The van der Waals surface area contributed by atoms with Crippen LogP contribution in [0.15, 0.2) is 12.7 Å². The second-order valence-corrected chi connectivity index (χ2v) is 0.542. The number of aliphatic carboxylic acids is 1. The van der Waals surface area contributed by atoms with Crippen molar-refractivity contribution in [2.45, 2.75) is 0 Å². The topological polar surface area (TPSA) is 37.3 Å². The van der Waals surface area contributed by atoms with Crippen molar-refractivity contribution in [3.8, 4) is 0 Å². The monoisotopic (exact) mass is 871 g/mol. The van der Waals surface area contributed by atoms with Crippen LogP contribution in [0.5, 0.6) is 0 Å². The van der Waals surface area contributed by atoms with E-state index < -0.39 is 5.97 Å². The molecule has 15 heavy (non-hydrogen) atoms. The minimum Gasteiger partial charge on any atom is -0.478 e. The van der Waals surface area contributed by atoms with E-state index in [0.29, 0.717) is 0 Å². The zero-order valence-electron chi connectivity index (χ0n) is 6.72. The summed E-state index contributed by atoms with van der Waals surface area (Å²) in [4.78, 5) is 9.25. The van der Waals surface area contributed by atoms with Crippen LogP contribution in [0.4, 0.5) is 0 Å². The van der Waals surface area contributed by atoms with Gasteiger partial charge in [-0.05, 0) is 0 Å². The van der Waals surface area contributed by atoms with Crippen LogP contribution in [0.2, 0.25) is 0 Å². The van der Waals surface area contributed by atoms with Crippen molar-refractivity contribution >= 4 is 176 Å². The van der Waals surface area contributed by atoms with Crippen LogP contribution in [0, 0.1) is 0 Å². The third kappa shape index (κ3) is 128. The van der Waals surface area contributed by atoms with Gasteiger partial charge in [0.1, 0.15) is 0 Å². The van der Waals surface area contributed by atoms with Crippen molar-refractivity contribution < 1.29 is 9.90 Å². The molecule has 108 valence electrons. The Balaban J connectivity index is -0.00000000178. The van der Waals surface area contributed by atoms with E-state index in [2.05, 4.69) is 6.58 Å². The zero-order valence-corrected chi connectivity index (χ0v) is 23.9. The van der Waals surface area contributed by atoms with Crippen LogP contribution in [0.25, 0.3) is 0 Å². The maximum absolute atomic E-state index is 9.25. The standard InChI is InChI=1S/C3H4O2.10BrH/c1-2-3(4)5;;;;;;;;;;/h2H,1H2,(H,4,5);10*1H. The molecule has 0 radical (unpaired) electrons. The smallest absolute Gasteiger partial charge is 0.327 e. The van der Waals surface area contributed by atoms with E-state index in [1.807, 2.05) is 0 Å². The molecule has 0 bridgehead atoms. The highest BCUT2D eigenvalue weighted by Crippen LogP contribution is 1.54. The van der Waals surface area contributed by atoms with Gasteiger partial charge in [-0.25, -0.2) is 4.79 Å². The van der Waals surface area contributed by atoms with E-state index in [4.69, 9.17) is 5.11 Å². The minimum atomic E-state index is -0.981. The molecule has 0 aromatic rings. The molecule has 0 spiro atoms. The van der Waals surface area contributed by atoms with Crippen LogP contribution < -0.4 is 0 Å². The number of carboxylic acid groups (broad SMARTS) is 1. The molecule has 0 fully saturated rings. The van der Waals surface area contributed by atoms with Crippen LogP contribution in [-0.2, 0) is 4.79 Å². The lowest BCUT2D eigenvalue weighted by atomic mass is 10.7. The molecule has 0 aromatic carbocycles. The third-order valence-electron chi connectivity index (χ3n) is 0.175. The second-order valence-electron chi connectivity index (χ2n) is 0.542. The molecule has 0 saturated heterocycles. The van der Waals surface area contributed by atoms with Crippen LogP contribution in [0.1, 0.15) is 0 Å². The molecule has 2 nitrogen and oxygen atoms in total. The summed E-state index contributed by atoms with van der Waals surface area (Å²) in [5, 5.41) is 7.60. The predicted octanol–water partition coefficient (Wildman–Crippen LogP) is 6.04. The van der Waals surface area contributed by atoms with Crippen molar-refractivity contribution in [3.05, 3.63) is 12.7 Å². The predicted molar refractivity (Wildman–Crippen MR) is 121 cm³/mol. The van der Waals surface area contributed by atoms with Crippen molar-refractivity contribution in [1.82, 2.24) is 0 Å². The van der Waals surface area contributed by atoms with E-state index in [-0.39, 0.29) is 170 Å². The van der Waals surface area contributed by atoms with Gasteiger partial charge in [0.05, 0.1) is 0 Å². The zero-order chi connectivity index (χ0) is 4.28. The Bertz CT molecular complexity index is 69.7. The molecule has 0 aliphatic rings. The first-order chi connectivity index (χ1) is 2.27. The van der Waals surface area contributed by atoms with Gasteiger partial charge in [-0.1, -0.05) is 6.58 Å². The van der Waals surface area contributed by atoms with E-state index in [0.717, 1.165) is 6.08 Å². The molecule has 0 aliphatic heterocycles. The molecule has 0 atom stereocenters. The summed E-state index contributed by atoms with van der Waals surface area (Å²) >= 11 is 0. The SMILES string of the molecule is Br.Br.Br.Br.Br.Br.Br.Br.Br.Br.C=CC(=O)O. The lowest BCUT2D eigenvalue weighted by molar-refractivity contribution is -0.131. The number of carbonyl (C=O) groups is 1. The van der Waals surface area contributed by atoms with Crippen molar-refractivity contribution in [2.24, 2.45) is 0 Å². The molecule has 1 N–H and O–H groups in total. The first-order valence-corrected chi connectivity index (χ1v) is 1.12. The van der Waals surface area contributed by atoms with Gasteiger partial charge in [0.15, 0.2) is 0 Å². The van der Waals surface area contributed by atoms with E-state index in [9.17, 15) is 4.79 Å². The number of hydrogen-bond donors (Lipinski definition) is 1. The Hall–Kier alpha value is 4.01. The summed E-state index contributed by atoms with van der Waals surface area (Å²) in [6.07, 6.45) is 0.833. The second kappa shape index (κ2) is 81.2. The first kappa shape index (κ1) is 96.1. The Morgan fingerprint density at radius 3 is 0.800 bits per heavy atom. The summed E-state index contributed by atoms with van der Waals surface area (Å²) in [6, 6.07) is 0. The maximum atomic E-state index is 9.25. The molecule has 12 heteroatoms. The largest absolute Gasteiger partial charge is 0.478 e. The summed E-state index contributed by atoms with van der Waals surface area (Å²) in [5.74, 6) is -0.981.